The van der Waals surface area contributed by atoms with Crippen LogP contribution in [-0.4, -0.2) is 35.8 Å². The highest BCUT2D eigenvalue weighted by molar-refractivity contribution is 6.10. The number of imide groups is 1. The third kappa shape index (κ3) is 3.10. The molecule has 1 atom stereocenters. The number of anilines is 2. The summed E-state index contributed by atoms with van der Waals surface area (Å²) in [6, 6.07) is 10.1. The lowest BCUT2D eigenvalue weighted by Gasteiger charge is -2.31. The Labute approximate surface area is 167 Å². The van der Waals surface area contributed by atoms with E-state index in [1.54, 1.807) is 24.0 Å². The van der Waals surface area contributed by atoms with Crippen LogP contribution in [0.1, 0.15) is 24.5 Å². The number of nitrogens with two attached hydrogens (primary N) is 1. The van der Waals surface area contributed by atoms with Gasteiger partial charge in [0.25, 0.3) is 5.91 Å². The first kappa shape index (κ1) is 18.9. The van der Waals surface area contributed by atoms with Gasteiger partial charge in [0.1, 0.15) is 17.9 Å². The summed E-state index contributed by atoms with van der Waals surface area (Å²) >= 11 is 0. The van der Waals surface area contributed by atoms with Crippen LogP contribution in [0.15, 0.2) is 42.5 Å². The second-order valence-corrected chi connectivity index (χ2v) is 7.45. The van der Waals surface area contributed by atoms with E-state index < -0.39 is 23.3 Å². The van der Waals surface area contributed by atoms with Crippen molar-refractivity contribution >= 4 is 29.2 Å². The average Bonchev–Trinajstić information content (AvgIpc) is 2.92. The highest BCUT2D eigenvalue weighted by atomic mass is 19.1. The summed E-state index contributed by atoms with van der Waals surface area (Å²) in [5.74, 6) is -1.35. The number of nitrogen functional groups attached to an aromatic ring is 1. The molecule has 4 rings (SSSR count). The van der Waals surface area contributed by atoms with Crippen molar-refractivity contribution in [2.75, 3.05) is 23.7 Å². The molecule has 29 heavy (non-hydrogen) atoms. The molecule has 3 N–H and O–H groups in total. The summed E-state index contributed by atoms with van der Waals surface area (Å²) in [7, 11) is 0. The predicted molar refractivity (Wildman–Crippen MR) is 106 cm³/mol. The molecule has 1 saturated heterocycles. The fourth-order valence-corrected chi connectivity index (χ4v) is 3.95. The quantitative estimate of drug-likeness (QED) is 0.614. The maximum absolute atomic E-state index is 13.2. The number of fused-ring (bicyclic) bond motifs is 1. The SMILES string of the molecule is CC1(c2ccc(F)cc2)NC(=O)N(CC(=O)N2CCCc3c(N)cccc32)C1=O. The molecule has 1 fully saturated rings. The highest BCUT2D eigenvalue weighted by Crippen LogP contribution is 2.32. The van der Waals surface area contributed by atoms with Gasteiger partial charge < -0.3 is 16.0 Å². The standard InChI is InChI=1S/C21H21FN4O3/c1-21(13-7-9-14(22)10-8-13)19(28)26(20(29)24-21)12-18(27)25-11-3-4-15-16(23)5-2-6-17(15)25/h2,5-10H,3-4,11-12,23H2,1H3,(H,24,29). The number of hydrogen-bond donors (Lipinski definition) is 2. The molecule has 0 saturated carbocycles. The summed E-state index contributed by atoms with van der Waals surface area (Å²) in [4.78, 5) is 40.9. The van der Waals surface area contributed by atoms with E-state index in [9.17, 15) is 18.8 Å². The third-order valence-corrected chi connectivity index (χ3v) is 5.58. The molecule has 7 nitrogen and oxygen atoms in total. The molecule has 2 aromatic carbocycles. The number of amides is 4. The first-order valence-corrected chi connectivity index (χ1v) is 9.39. The summed E-state index contributed by atoms with van der Waals surface area (Å²) in [6.45, 7) is 1.66. The number of benzene rings is 2. The van der Waals surface area contributed by atoms with E-state index in [0.29, 0.717) is 17.8 Å². The molecule has 0 radical (unpaired) electrons. The van der Waals surface area contributed by atoms with Crippen molar-refractivity contribution < 1.29 is 18.8 Å². The van der Waals surface area contributed by atoms with E-state index in [1.165, 1.54) is 24.3 Å². The molecule has 2 aromatic rings. The van der Waals surface area contributed by atoms with Gasteiger partial charge in [0.15, 0.2) is 0 Å². The molecule has 150 valence electrons. The number of nitrogens with one attached hydrogen (secondary N) is 1. The summed E-state index contributed by atoms with van der Waals surface area (Å²) in [5, 5.41) is 2.63. The monoisotopic (exact) mass is 396 g/mol. The lowest BCUT2D eigenvalue weighted by atomic mass is 9.92. The van der Waals surface area contributed by atoms with Gasteiger partial charge in [-0.25, -0.2) is 9.18 Å². The number of halogens is 1. The van der Waals surface area contributed by atoms with E-state index in [1.807, 2.05) is 6.07 Å². The van der Waals surface area contributed by atoms with Crippen molar-refractivity contribution in [3.8, 4) is 0 Å². The molecule has 2 heterocycles. The Balaban J connectivity index is 1.57. The van der Waals surface area contributed by atoms with Gasteiger partial charge in [-0.1, -0.05) is 18.2 Å². The van der Waals surface area contributed by atoms with E-state index >= 15 is 0 Å². The first-order valence-electron chi connectivity index (χ1n) is 9.39. The Kier molecular flexibility index (Phi) is 4.49. The zero-order valence-electron chi connectivity index (χ0n) is 15.9. The fraction of sp³-hybridized carbons (Fsp3) is 0.286. The zero-order chi connectivity index (χ0) is 20.8. The van der Waals surface area contributed by atoms with Gasteiger partial charge in [-0.3, -0.25) is 14.5 Å². The molecule has 2 aliphatic heterocycles. The second kappa shape index (κ2) is 6.88. The molecule has 1 unspecified atom stereocenters. The lowest BCUT2D eigenvalue weighted by molar-refractivity contribution is -0.134. The summed E-state index contributed by atoms with van der Waals surface area (Å²) in [6.07, 6.45) is 1.53. The fourth-order valence-electron chi connectivity index (χ4n) is 3.95. The molecule has 0 bridgehead atoms. The third-order valence-electron chi connectivity index (χ3n) is 5.58. The van der Waals surface area contributed by atoms with Gasteiger partial charge in [0, 0.05) is 17.9 Å². The minimum Gasteiger partial charge on any atom is -0.398 e. The van der Waals surface area contributed by atoms with Crippen molar-refractivity contribution in [3.05, 3.63) is 59.4 Å². The minimum absolute atomic E-state index is 0.358. The van der Waals surface area contributed by atoms with Crippen LogP contribution in [0.4, 0.5) is 20.6 Å². The van der Waals surface area contributed by atoms with Crippen LogP contribution in [-0.2, 0) is 21.5 Å². The molecule has 8 heteroatoms. The van der Waals surface area contributed by atoms with Crippen LogP contribution in [0.25, 0.3) is 0 Å². The van der Waals surface area contributed by atoms with Crippen LogP contribution in [0, 0.1) is 5.82 Å². The first-order chi connectivity index (χ1) is 13.8. The Morgan fingerprint density at radius 1 is 1.21 bits per heavy atom. The van der Waals surface area contributed by atoms with Crippen molar-refractivity contribution in [3.63, 3.8) is 0 Å². The van der Waals surface area contributed by atoms with Crippen LogP contribution in [0.2, 0.25) is 0 Å². The van der Waals surface area contributed by atoms with E-state index in [0.717, 1.165) is 29.0 Å². The average molecular weight is 396 g/mol. The van der Waals surface area contributed by atoms with Gasteiger partial charge >= 0.3 is 6.03 Å². The lowest BCUT2D eigenvalue weighted by Crippen LogP contribution is -2.46. The normalized spacial score (nSPS) is 21.2. The minimum atomic E-state index is -1.35. The number of carbonyl (C=O) groups is 3. The Hall–Kier alpha value is -3.42. The van der Waals surface area contributed by atoms with Crippen molar-refractivity contribution in [1.82, 2.24) is 10.2 Å². The number of urea groups is 1. The topological polar surface area (TPSA) is 95.7 Å². The van der Waals surface area contributed by atoms with Gasteiger partial charge in [-0.15, -0.1) is 0 Å². The maximum Gasteiger partial charge on any atom is 0.325 e. The van der Waals surface area contributed by atoms with E-state index in [-0.39, 0.29) is 12.5 Å². The largest absolute Gasteiger partial charge is 0.398 e. The maximum atomic E-state index is 13.2. The molecule has 2 aliphatic rings. The van der Waals surface area contributed by atoms with Crippen molar-refractivity contribution in [1.29, 1.82) is 0 Å². The zero-order valence-corrected chi connectivity index (χ0v) is 15.9. The smallest absolute Gasteiger partial charge is 0.325 e. The molecule has 0 spiro atoms. The Morgan fingerprint density at radius 3 is 2.66 bits per heavy atom. The van der Waals surface area contributed by atoms with E-state index in [2.05, 4.69) is 5.32 Å². The Bertz CT molecular complexity index is 1010. The predicted octanol–water partition coefficient (Wildman–Crippen LogP) is 2.15. The molecular weight excluding hydrogens is 375 g/mol. The van der Waals surface area contributed by atoms with Crippen molar-refractivity contribution in [2.24, 2.45) is 0 Å². The molecule has 0 aliphatic carbocycles. The number of rotatable bonds is 3. The van der Waals surface area contributed by atoms with Gasteiger partial charge in [-0.05, 0) is 55.2 Å². The summed E-state index contributed by atoms with van der Waals surface area (Å²) < 4.78 is 13.2. The van der Waals surface area contributed by atoms with Gasteiger partial charge in [0.05, 0.1) is 0 Å². The van der Waals surface area contributed by atoms with Crippen molar-refractivity contribution in [2.45, 2.75) is 25.3 Å². The van der Waals surface area contributed by atoms with Gasteiger partial charge in [0.2, 0.25) is 5.91 Å². The van der Waals surface area contributed by atoms with Crippen LogP contribution < -0.4 is 16.0 Å². The molecular formula is C21H21FN4O3. The number of carbonyl (C=O) groups excluding carboxylic acids is 3. The van der Waals surface area contributed by atoms with Crippen LogP contribution in [0.5, 0.6) is 0 Å². The Morgan fingerprint density at radius 2 is 1.93 bits per heavy atom. The summed E-state index contributed by atoms with van der Waals surface area (Å²) in [5.41, 5.74) is 7.37. The number of nitrogens with zero attached hydrogens (tertiary/aromatic N) is 2. The van der Waals surface area contributed by atoms with Crippen LogP contribution >= 0.6 is 0 Å². The van der Waals surface area contributed by atoms with E-state index in [4.69, 9.17) is 5.73 Å². The number of hydrogen-bond acceptors (Lipinski definition) is 4. The molecule has 4 amide bonds. The van der Waals surface area contributed by atoms with Crippen LogP contribution in [0.3, 0.4) is 0 Å². The highest BCUT2D eigenvalue weighted by Gasteiger charge is 2.49. The van der Waals surface area contributed by atoms with Gasteiger partial charge in [-0.2, -0.15) is 0 Å². The molecule has 0 aromatic heterocycles. The second-order valence-electron chi connectivity index (χ2n) is 7.45.